The van der Waals surface area contributed by atoms with Crippen LogP contribution in [-0.2, 0) is 4.79 Å². The largest absolute Gasteiger partial charge is 0.332 e. The molecule has 1 heterocycles. The molecule has 1 aromatic heterocycles. The second kappa shape index (κ2) is 9.39. The number of carbonyl (C=O) groups is 2. The first kappa shape index (κ1) is 20.6. The maximum Gasteiger partial charge on any atom is 0.256 e. The number of amides is 2. The summed E-state index contributed by atoms with van der Waals surface area (Å²) in [7, 11) is 1.62. The number of para-hydroxylation sites is 1. The summed E-state index contributed by atoms with van der Waals surface area (Å²) in [5, 5.41) is 3.41. The minimum Gasteiger partial charge on any atom is -0.332 e. The van der Waals surface area contributed by atoms with Gasteiger partial charge in [-0.3, -0.25) is 9.59 Å². The summed E-state index contributed by atoms with van der Waals surface area (Å²) in [5.74, 6) is -0.494. The number of hydrogen-bond donors (Lipinski definition) is 1. The highest BCUT2D eigenvalue weighted by atomic mass is 32.2. The van der Waals surface area contributed by atoms with Crippen molar-refractivity contribution in [1.82, 2.24) is 9.88 Å². The van der Waals surface area contributed by atoms with Crippen molar-refractivity contribution in [3.63, 3.8) is 0 Å². The Balaban J connectivity index is 1.71. The molecule has 6 heteroatoms. The number of aromatic nitrogens is 1. The van der Waals surface area contributed by atoms with Crippen LogP contribution in [0.15, 0.2) is 76.8 Å². The Morgan fingerprint density at radius 2 is 1.76 bits per heavy atom. The molecule has 3 aromatic rings. The normalized spacial score (nSPS) is 10.4. The fourth-order valence-corrected chi connectivity index (χ4v) is 3.71. The Morgan fingerprint density at radius 1 is 1.00 bits per heavy atom. The fourth-order valence-electron chi connectivity index (χ4n) is 2.74. The monoisotopic (exact) mass is 405 g/mol. The number of pyridine rings is 1. The molecule has 0 aliphatic rings. The summed E-state index contributed by atoms with van der Waals surface area (Å²) in [6.07, 6.45) is 1.67. The number of carbonyl (C=O) groups excluding carboxylic acids is 2. The van der Waals surface area contributed by atoms with E-state index in [2.05, 4.69) is 36.3 Å². The van der Waals surface area contributed by atoms with Gasteiger partial charge in [0.15, 0.2) is 0 Å². The molecule has 0 aliphatic carbocycles. The molecule has 148 valence electrons. The second-order valence-corrected chi connectivity index (χ2v) is 7.84. The molecule has 1 N–H and O–H groups in total. The Bertz CT molecular complexity index is 1020. The van der Waals surface area contributed by atoms with Crippen LogP contribution in [0.3, 0.4) is 0 Å². The van der Waals surface area contributed by atoms with Crippen molar-refractivity contribution in [3.05, 3.63) is 83.6 Å². The highest BCUT2D eigenvalue weighted by Gasteiger charge is 2.19. The van der Waals surface area contributed by atoms with E-state index in [0.29, 0.717) is 16.3 Å². The van der Waals surface area contributed by atoms with E-state index in [1.54, 1.807) is 37.5 Å². The van der Waals surface area contributed by atoms with Crippen LogP contribution in [0.1, 0.15) is 21.5 Å². The minimum absolute atomic E-state index is 0.0453. The SMILES string of the molecule is Cc1ccc(Sc2ncccc2C(=O)N(C)CC(=O)Nc2ccccc2)cc1C. The number of nitrogens with zero attached hydrogens (tertiary/aromatic N) is 2. The Kier molecular flexibility index (Phi) is 6.67. The summed E-state index contributed by atoms with van der Waals surface area (Å²) in [6.45, 7) is 4.08. The molecule has 0 unspecified atom stereocenters. The van der Waals surface area contributed by atoms with Crippen LogP contribution < -0.4 is 5.32 Å². The van der Waals surface area contributed by atoms with Crippen LogP contribution in [0.2, 0.25) is 0 Å². The summed E-state index contributed by atoms with van der Waals surface area (Å²) in [6, 6.07) is 18.8. The van der Waals surface area contributed by atoms with Crippen LogP contribution in [0.5, 0.6) is 0 Å². The van der Waals surface area contributed by atoms with E-state index in [-0.39, 0.29) is 18.4 Å². The maximum absolute atomic E-state index is 13.0. The van der Waals surface area contributed by atoms with E-state index < -0.39 is 0 Å². The lowest BCUT2D eigenvalue weighted by Crippen LogP contribution is -2.35. The van der Waals surface area contributed by atoms with Gasteiger partial charge in [0.25, 0.3) is 5.91 Å². The lowest BCUT2D eigenvalue weighted by atomic mass is 10.1. The molecule has 0 bridgehead atoms. The van der Waals surface area contributed by atoms with Gasteiger partial charge in [0, 0.05) is 23.8 Å². The van der Waals surface area contributed by atoms with Gasteiger partial charge < -0.3 is 10.2 Å². The van der Waals surface area contributed by atoms with Gasteiger partial charge in [-0.2, -0.15) is 0 Å². The van der Waals surface area contributed by atoms with Gasteiger partial charge in [-0.15, -0.1) is 0 Å². The zero-order valence-electron chi connectivity index (χ0n) is 16.7. The van der Waals surface area contributed by atoms with Crippen molar-refractivity contribution in [2.24, 2.45) is 0 Å². The first-order valence-corrected chi connectivity index (χ1v) is 10.1. The van der Waals surface area contributed by atoms with Gasteiger partial charge in [0.05, 0.1) is 12.1 Å². The summed E-state index contributed by atoms with van der Waals surface area (Å²) < 4.78 is 0. The third-order valence-electron chi connectivity index (χ3n) is 4.48. The predicted molar refractivity (Wildman–Crippen MR) is 116 cm³/mol. The number of hydrogen-bond acceptors (Lipinski definition) is 4. The zero-order valence-corrected chi connectivity index (χ0v) is 17.5. The van der Waals surface area contributed by atoms with E-state index in [1.165, 1.54) is 27.8 Å². The second-order valence-electron chi connectivity index (χ2n) is 6.78. The lowest BCUT2D eigenvalue weighted by molar-refractivity contribution is -0.116. The van der Waals surface area contributed by atoms with Crippen molar-refractivity contribution in [3.8, 4) is 0 Å². The zero-order chi connectivity index (χ0) is 20.8. The molecule has 0 spiro atoms. The highest BCUT2D eigenvalue weighted by molar-refractivity contribution is 7.99. The van der Waals surface area contributed by atoms with Crippen LogP contribution >= 0.6 is 11.8 Å². The minimum atomic E-state index is -0.251. The van der Waals surface area contributed by atoms with Gasteiger partial charge in [-0.25, -0.2) is 4.98 Å². The van der Waals surface area contributed by atoms with E-state index in [0.717, 1.165) is 4.90 Å². The first-order chi connectivity index (χ1) is 13.9. The topological polar surface area (TPSA) is 62.3 Å². The summed E-state index contributed by atoms with van der Waals surface area (Å²) >= 11 is 1.45. The number of rotatable bonds is 6. The molecule has 0 aliphatic heterocycles. The van der Waals surface area contributed by atoms with Crippen LogP contribution in [0.25, 0.3) is 0 Å². The Hall–Kier alpha value is -3.12. The van der Waals surface area contributed by atoms with Crippen LogP contribution in [0.4, 0.5) is 5.69 Å². The van der Waals surface area contributed by atoms with Gasteiger partial charge in [0.1, 0.15) is 5.03 Å². The smallest absolute Gasteiger partial charge is 0.256 e. The number of aryl methyl sites for hydroxylation is 2. The first-order valence-electron chi connectivity index (χ1n) is 9.24. The standard InChI is InChI=1S/C23H23N3O2S/c1-16-11-12-19(14-17(16)2)29-22-20(10-7-13-24-22)23(28)26(3)15-21(27)25-18-8-5-4-6-9-18/h4-14H,15H2,1-3H3,(H,25,27). The highest BCUT2D eigenvalue weighted by Crippen LogP contribution is 2.30. The van der Waals surface area contributed by atoms with Crippen molar-refractivity contribution in [2.75, 3.05) is 18.9 Å². The molecule has 5 nitrogen and oxygen atoms in total. The number of benzene rings is 2. The third-order valence-corrected chi connectivity index (χ3v) is 5.49. The van der Waals surface area contributed by atoms with E-state index in [1.807, 2.05) is 24.3 Å². The van der Waals surface area contributed by atoms with Crippen molar-refractivity contribution < 1.29 is 9.59 Å². The molecule has 0 fully saturated rings. The third kappa shape index (κ3) is 5.45. The van der Waals surface area contributed by atoms with Crippen molar-refractivity contribution >= 4 is 29.3 Å². The van der Waals surface area contributed by atoms with Gasteiger partial charge in [-0.05, 0) is 61.4 Å². The average Bonchev–Trinajstić information content (AvgIpc) is 2.71. The molecule has 2 amide bonds. The molecular formula is C23H23N3O2S. The Labute approximate surface area is 175 Å². The summed E-state index contributed by atoms with van der Waals surface area (Å²) in [5.41, 5.74) is 3.58. The number of nitrogens with one attached hydrogen (secondary N) is 1. The molecule has 0 saturated carbocycles. The van der Waals surface area contributed by atoms with Crippen molar-refractivity contribution in [1.29, 1.82) is 0 Å². The quantitative estimate of drug-likeness (QED) is 0.653. The number of likely N-dealkylation sites (N-methyl/N-ethyl adjacent to an activating group) is 1. The van der Waals surface area contributed by atoms with Gasteiger partial charge in [-0.1, -0.05) is 36.0 Å². The fraction of sp³-hybridized carbons (Fsp3) is 0.174. The average molecular weight is 406 g/mol. The molecule has 3 rings (SSSR count). The Morgan fingerprint density at radius 3 is 2.48 bits per heavy atom. The van der Waals surface area contributed by atoms with E-state index in [9.17, 15) is 9.59 Å². The molecule has 0 radical (unpaired) electrons. The maximum atomic E-state index is 13.0. The molecule has 0 atom stereocenters. The van der Waals surface area contributed by atoms with E-state index in [4.69, 9.17) is 0 Å². The van der Waals surface area contributed by atoms with Gasteiger partial charge in [0.2, 0.25) is 5.91 Å². The molecule has 29 heavy (non-hydrogen) atoms. The summed E-state index contributed by atoms with van der Waals surface area (Å²) in [4.78, 5) is 32.0. The van der Waals surface area contributed by atoms with Crippen LogP contribution in [-0.4, -0.2) is 35.3 Å². The van der Waals surface area contributed by atoms with E-state index >= 15 is 0 Å². The number of anilines is 1. The molecule has 2 aromatic carbocycles. The lowest BCUT2D eigenvalue weighted by Gasteiger charge is -2.18. The molecule has 0 saturated heterocycles. The van der Waals surface area contributed by atoms with Gasteiger partial charge >= 0.3 is 0 Å². The molecular weight excluding hydrogens is 382 g/mol. The van der Waals surface area contributed by atoms with Crippen molar-refractivity contribution in [2.45, 2.75) is 23.8 Å². The predicted octanol–water partition coefficient (Wildman–Crippen LogP) is 4.56. The van der Waals surface area contributed by atoms with Crippen LogP contribution in [0, 0.1) is 13.8 Å².